The molecule has 90 valence electrons. The Labute approximate surface area is 109 Å². The number of hydrogen-bond acceptors (Lipinski definition) is 0. The predicted octanol–water partition coefficient (Wildman–Crippen LogP) is 5.67. The Morgan fingerprint density at radius 2 is 1.69 bits per heavy atom. The highest BCUT2D eigenvalue weighted by Gasteiger charge is 2.29. The second kappa shape index (κ2) is 4.98. The van der Waals surface area contributed by atoms with Crippen LogP contribution in [0.15, 0.2) is 12.1 Å². The minimum absolute atomic E-state index is 0.0377. The van der Waals surface area contributed by atoms with Crippen LogP contribution in [-0.2, 0) is 0 Å². The fraction of sp³-hybridized carbons (Fsp3) is 0.571. The lowest BCUT2D eigenvalue weighted by Crippen LogP contribution is -2.17. The number of aryl methyl sites for hydroxylation is 2. The molecule has 0 heterocycles. The number of rotatable bonds is 3. The van der Waals surface area contributed by atoms with E-state index in [2.05, 4.69) is 40.7 Å². The van der Waals surface area contributed by atoms with Crippen molar-refractivity contribution in [1.82, 2.24) is 0 Å². The van der Waals surface area contributed by atoms with Gasteiger partial charge < -0.3 is 0 Å². The lowest BCUT2D eigenvalue weighted by molar-refractivity contribution is 0.336. The minimum atomic E-state index is -0.0377. The van der Waals surface area contributed by atoms with Gasteiger partial charge in [-0.3, -0.25) is 0 Å². The Hall–Kier alpha value is -0.200. The molecule has 0 spiro atoms. The zero-order valence-electron chi connectivity index (χ0n) is 10.7. The fourth-order valence-electron chi connectivity index (χ4n) is 1.60. The molecule has 2 heteroatoms. The van der Waals surface area contributed by atoms with Gasteiger partial charge in [-0.1, -0.05) is 38.4 Å². The van der Waals surface area contributed by atoms with E-state index >= 15 is 0 Å². The van der Waals surface area contributed by atoms with Crippen LogP contribution in [0.25, 0.3) is 0 Å². The van der Waals surface area contributed by atoms with Gasteiger partial charge in [0, 0.05) is 5.02 Å². The second-order valence-corrected chi connectivity index (χ2v) is 6.01. The van der Waals surface area contributed by atoms with Crippen LogP contribution in [-0.4, -0.2) is 0 Å². The molecule has 0 nitrogen and oxygen atoms in total. The Kier molecular flexibility index (Phi) is 4.31. The van der Waals surface area contributed by atoms with Gasteiger partial charge in [0.05, 0.1) is 5.38 Å². The van der Waals surface area contributed by atoms with Crippen molar-refractivity contribution in [3.05, 3.63) is 33.8 Å². The molecule has 0 saturated carbocycles. The molecule has 0 saturated heterocycles. The molecular formula is C14H20Cl2. The summed E-state index contributed by atoms with van der Waals surface area (Å²) in [5.74, 6) is 0. The molecule has 0 aliphatic rings. The summed E-state index contributed by atoms with van der Waals surface area (Å²) in [5.41, 5.74) is 3.58. The van der Waals surface area contributed by atoms with Crippen LogP contribution in [0.1, 0.15) is 49.3 Å². The van der Waals surface area contributed by atoms with Crippen molar-refractivity contribution in [2.75, 3.05) is 0 Å². The third-order valence-electron chi connectivity index (χ3n) is 3.48. The summed E-state index contributed by atoms with van der Waals surface area (Å²) in [4.78, 5) is 0. The van der Waals surface area contributed by atoms with Gasteiger partial charge in [0.1, 0.15) is 0 Å². The molecule has 1 atom stereocenters. The molecule has 1 unspecified atom stereocenters. The summed E-state index contributed by atoms with van der Waals surface area (Å²) in [6.45, 7) is 10.7. The molecular weight excluding hydrogens is 239 g/mol. The molecule has 1 rings (SSSR count). The van der Waals surface area contributed by atoms with E-state index in [4.69, 9.17) is 23.2 Å². The van der Waals surface area contributed by atoms with Crippen LogP contribution in [0.5, 0.6) is 0 Å². The molecule has 0 amide bonds. The third-order valence-corrected chi connectivity index (χ3v) is 4.64. The van der Waals surface area contributed by atoms with Crippen LogP contribution in [0, 0.1) is 19.3 Å². The molecule has 0 aromatic heterocycles. The van der Waals surface area contributed by atoms with Crippen LogP contribution < -0.4 is 0 Å². The van der Waals surface area contributed by atoms with E-state index in [1.165, 1.54) is 11.1 Å². The molecule has 1 aromatic rings. The van der Waals surface area contributed by atoms with E-state index in [1.807, 2.05) is 6.07 Å². The Bertz CT molecular complexity index is 381. The van der Waals surface area contributed by atoms with Gasteiger partial charge in [0.25, 0.3) is 0 Å². The van der Waals surface area contributed by atoms with Crippen LogP contribution >= 0.6 is 23.2 Å². The number of hydrogen-bond donors (Lipinski definition) is 0. The second-order valence-electron chi connectivity index (χ2n) is 5.16. The molecule has 0 aliphatic carbocycles. The van der Waals surface area contributed by atoms with Crippen LogP contribution in [0.4, 0.5) is 0 Å². The molecule has 0 radical (unpaired) electrons. The maximum absolute atomic E-state index is 6.54. The number of benzene rings is 1. The van der Waals surface area contributed by atoms with E-state index in [9.17, 15) is 0 Å². The summed E-state index contributed by atoms with van der Waals surface area (Å²) >= 11 is 12.8. The molecule has 0 N–H and O–H groups in total. The first-order valence-corrected chi connectivity index (χ1v) is 6.51. The molecule has 0 aliphatic heterocycles. The van der Waals surface area contributed by atoms with Crippen molar-refractivity contribution in [3.8, 4) is 0 Å². The zero-order valence-corrected chi connectivity index (χ0v) is 12.2. The SMILES string of the molecule is CCC(C)(C)C(Cl)c1cc(C)c(C)cc1Cl. The van der Waals surface area contributed by atoms with Gasteiger partial charge in [0.2, 0.25) is 0 Å². The lowest BCUT2D eigenvalue weighted by Gasteiger charge is -2.30. The minimum Gasteiger partial charge on any atom is -0.117 e. The Balaban J connectivity index is 3.19. The van der Waals surface area contributed by atoms with Crippen molar-refractivity contribution in [2.24, 2.45) is 5.41 Å². The van der Waals surface area contributed by atoms with Crippen molar-refractivity contribution < 1.29 is 0 Å². The largest absolute Gasteiger partial charge is 0.117 e. The van der Waals surface area contributed by atoms with E-state index in [1.54, 1.807) is 0 Å². The standard InChI is InChI=1S/C14H20Cl2/c1-6-14(4,5)13(16)11-7-9(2)10(3)8-12(11)15/h7-8,13H,6H2,1-5H3. The molecule has 1 aromatic carbocycles. The Morgan fingerprint density at radius 1 is 1.19 bits per heavy atom. The van der Waals surface area contributed by atoms with Crippen LogP contribution in [0.3, 0.4) is 0 Å². The van der Waals surface area contributed by atoms with Gasteiger partial charge >= 0.3 is 0 Å². The molecule has 0 fully saturated rings. The highest BCUT2D eigenvalue weighted by atomic mass is 35.5. The normalized spacial score (nSPS) is 13.9. The Morgan fingerprint density at radius 3 is 2.19 bits per heavy atom. The molecule has 16 heavy (non-hydrogen) atoms. The summed E-state index contributed by atoms with van der Waals surface area (Å²) in [6, 6.07) is 4.13. The zero-order chi connectivity index (χ0) is 12.5. The first kappa shape index (κ1) is 13.9. The average molecular weight is 259 g/mol. The third kappa shape index (κ3) is 2.73. The van der Waals surface area contributed by atoms with Crippen molar-refractivity contribution in [1.29, 1.82) is 0 Å². The quantitative estimate of drug-likeness (QED) is 0.613. The smallest absolute Gasteiger partial charge is 0.0650 e. The number of alkyl halides is 1. The van der Waals surface area contributed by atoms with Crippen molar-refractivity contribution in [2.45, 2.75) is 46.4 Å². The van der Waals surface area contributed by atoms with E-state index in [0.717, 1.165) is 17.0 Å². The van der Waals surface area contributed by atoms with Gasteiger partial charge in [-0.05, 0) is 48.4 Å². The summed E-state index contributed by atoms with van der Waals surface area (Å²) in [6.07, 6.45) is 1.03. The first-order valence-electron chi connectivity index (χ1n) is 5.70. The van der Waals surface area contributed by atoms with E-state index in [-0.39, 0.29) is 10.8 Å². The maximum atomic E-state index is 6.54. The highest BCUT2D eigenvalue weighted by molar-refractivity contribution is 6.33. The van der Waals surface area contributed by atoms with Crippen molar-refractivity contribution in [3.63, 3.8) is 0 Å². The highest BCUT2D eigenvalue weighted by Crippen LogP contribution is 2.44. The summed E-state index contributed by atoms with van der Waals surface area (Å²) < 4.78 is 0. The number of halogens is 2. The first-order chi connectivity index (χ1) is 7.29. The van der Waals surface area contributed by atoms with E-state index < -0.39 is 0 Å². The molecule has 0 bridgehead atoms. The fourth-order valence-corrected chi connectivity index (χ4v) is 2.32. The van der Waals surface area contributed by atoms with Crippen molar-refractivity contribution >= 4 is 23.2 Å². The van der Waals surface area contributed by atoms with E-state index in [0.29, 0.717) is 0 Å². The van der Waals surface area contributed by atoms with Gasteiger partial charge in [-0.2, -0.15) is 0 Å². The van der Waals surface area contributed by atoms with Crippen LogP contribution in [0.2, 0.25) is 5.02 Å². The topological polar surface area (TPSA) is 0 Å². The van der Waals surface area contributed by atoms with Gasteiger partial charge in [-0.25, -0.2) is 0 Å². The lowest BCUT2D eigenvalue weighted by atomic mass is 9.82. The van der Waals surface area contributed by atoms with Gasteiger partial charge in [0.15, 0.2) is 0 Å². The predicted molar refractivity (Wildman–Crippen MR) is 73.6 cm³/mol. The summed E-state index contributed by atoms with van der Waals surface area (Å²) in [5, 5.41) is 0.744. The van der Waals surface area contributed by atoms with Gasteiger partial charge in [-0.15, -0.1) is 11.6 Å². The maximum Gasteiger partial charge on any atom is 0.0650 e. The monoisotopic (exact) mass is 258 g/mol. The average Bonchev–Trinajstić information content (AvgIpc) is 2.22. The summed E-state index contributed by atoms with van der Waals surface area (Å²) in [7, 11) is 0.